The molecule has 0 spiro atoms. The van der Waals surface area contributed by atoms with E-state index >= 15 is 0 Å². The first-order chi connectivity index (χ1) is 8.78. The Balaban J connectivity index is 2.12. The van der Waals surface area contributed by atoms with Crippen molar-refractivity contribution in [3.8, 4) is 22.6 Å². The van der Waals surface area contributed by atoms with E-state index in [1.807, 2.05) is 30.3 Å². The summed E-state index contributed by atoms with van der Waals surface area (Å²) in [6.07, 6.45) is -0.538. The fourth-order valence-electron chi connectivity index (χ4n) is 2.00. The molecule has 0 saturated carbocycles. The lowest BCUT2D eigenvalue weighted by Gasteiger charge is -2.07. The van der Waals surface area contributed by atoms with Gasteiger partial charge in [-0.2, -0.15) is 0 Å². The Hall–Kier alpha value is -2.07. The highest BCUT2D eigenvalue weighted by molar-refractivity contribution is 5.74. The van der Waals surface area contributed by atoms with Crippen LogP contribution in [0.1, 0.15) is 0 Å². The Kier molecular flexibility index (Phi) is 2.64. The predicted molar refractivity (Wildman–Crippen MR) is 65.9 cm³/mol. The normalized spacial score (nSPS) is 16.9. The summed E-state index contributed by atoms with van der Waals surface area (Å²) in [5.74, 6) is 0.608. The molecule has 3 rings (SSSR count). The van der Waals surface area contributed by atoms with E-state index < -0.39 is 6.29 Å². The van der Waals surface area contributed by atoms with Crippen LogP contribution in [0.15, 0.2) is 42.5 Å². The van der Waals surface area contributed by atoms with Crippen molar-refractivity contribution in [2.24, 2.45) is 5.73 Å². The smallest absolute Gasteiger partial charge is 0.253 e. The SMILES string of the molecule is NC[C@H]1Oc2cc(F)cc(-c3ccccc3)c2O1. The topological polar surface area (TPSA) is 44.5 Å². The summed E-state index contributed by atoms with van der Waals surface area (Å²) in [7, 11) is 0. The van der Waals surface area contributed by atoms with Crippen molar-refractivity contribution in [1.29, 1.82) is 0 Å². The largest absolute Gasteiger partial charge is 0.449 e. The standard InChI is InChI=1S/C14H12FNO2/c15-10-6-11(9-4-2-1-3-5-9)14-12(7-10)17-13(8-16)18-14/h1-7,13H,8,16H2/t13-/m0/s1. The van der Waals surface area contributed by atoms with Crippen LogP contribution < -0.4 is 15.2 Å². The molecular formula is C14H12FNO2. The summed E-state index contributed by atoms with van der Waals surface area (Å²) in [5.41, 5.74) is 7.06. The van der Waals surface area contributed by atoms with Gasteiger partial charge in [0.2, 0.25) is 0 Å². The average molecular weight is 245 g/mol. The summed E-state index contributed by atoms with van der Waals surface area (Å²) in [6.45, 7) is 0.227. The molecule has 4 heteroatoms. The van der Waals surface area contributed by atoms with Crippen molar-refractivity contribution >= 4 is 0 Å². The van der Waals surface area contributed by atoms with E-state index in [-0.39, 0.29) is 12.4 Å². The van der Waals surface area contributed by atoms with Gasteiger partial charge in [0.25, 0.3) is 6.29 Å². The molecule has 1 aliphatic rings. The molecule has 0 unspecified atom stereocenters. The van der Waals surface area contributed by atoms with E-state index in [9.17, 15) is 4.39 Å². The number of hydrogen-bond donors (Lipinski definition) is 1. The maximum absolute atomic E-state index is 13.6. The highest BCUT2D eigenvalue weighted by Gasteiger charge is 2.27. The van der Waals surface area contributed by atoms with Crippen LogP contribution in [-0.2, 0) is 0 Å². The molecular weight excluding hydrogens is 233 g/mol. The van der Waals surface area contributed by atoms with E-state index in [0.717, 1.165) is 5.56 Å². The summed E-state index contributed by atoms with van der Waals surface area (Å²) in [6, 6.07) is 12.2. The van der Waals surface area contributed by atoms with Gasteiger partial charge in [-0.25, -0.2) is 4.39 Å². The van der Waals surface area contributed by atoms with Crippen molar-refractivity contribution in [3.05, 3.63) is 48.3 Å². The Bertz CT molecular complexity index is 572. The quantitative estimate of drug-likeness (QED) is 0.884. The molecule has 2 aromatic carbocycles. The van der Waals surface area contributed by atoms with Crippen LogP contribution in [0, 0.1) is 5.82 Å². The molecule has 92 valence electrons. The van der Waals surface area contributed by atoms with Crippen LogP contribution >= 0.6 is 0 Å². The minimum absolute atomic E-state index is 0.227. The number of fused-ring (bicyclic) bond motifs is 1. The minimum atomic E-state index is -0.538. The number of benzene rings is 2. The third-order valence-corrected chi connectivity index (χ3v) is 2.80. The lowest BCUT2D eigenvalue weighted by Crippen LogP contribution is -2.27. The van der Waals surface area contributed by atoms with E-state index in [4.69, 9.17) is 15.2 Å². The number of ether oxygens (including phenoxy) is 2. The molecule has 0 fully saturated rings. The van der Waals surface area contributed by atoms with Gasteiger partial charge in [-0.05, 0) is 11.6 Å². The molecule has 0 radical (unpaired) electrons. The Morgan fingerprint density at radius 3 is 2.61 bits per heavy atom. The van der Waals surface area contributed by atoms with Crippen LogP contribution in [0.5, 0.6) is 11.5 Å². The summed E-state index contributed by atoms with van der Waals surface area (Å²) < 4.78 is 24.6. The van der Waals surface area contributed by atoms with Crippen LogP contribution in [-0.4, -0.2) is 12.8 Å². The molecule has 0 aliphatic carbocycles. The fourth-order valence-corrected chi connectivity index (χ4v) is 2.00. The zero-order valence-electron chi connectivity index (χ0n) is 9.60. The van der Waals surface area contributed by atoms with Gasteiger partial charge in [0, 0.05) is 11.6 Å². The Morgan fingerprint density at radius 2 is 1.89 bits per heavy atom. The summed E-state index contributed by atoms with van der Waals surface area (Å²) in [5, 5.41) is 0. The zero-order valence-corrected chi connectivity index (χ0v) is 9.60. The van der Waals surface area contributed by atoms with Crippen LogP contribution in [0.3, 0.4) is 0 Å². The average Bonchev–Trinajstić information content (AvgIpc) is 2.81. The summed E-state index contributed by atoms with van der Waals surface area (Å²) in [4.78, 5) is 0. The van der Waals surface area contributed by atoms with Crippen molar-refractivity contribution in [1.82, 2.24) is 0 Å². The van der Waals surface area contributed by atoms with Crippen molar-refractivity contribution in [2.75, 3.05) is 6.54 Å². The molecule has 1 heterocycles. The van der Waals surface area contributed by atoms with Crippen molar-refractivity contribution in [3.63, 3.8) is 0 Å². The Labute approximate surface area is 104 Å². The van der Waals surface area contributed by atoms with Gasteiger partial charge in [-0.3, -0.25) is 0 Å². The first-order valence-electron chi connectivity index (χ1n) is 5.70. The number of nitrogens with two attached hydrogens (primary N) is 1. The third-order valence-electron chi connectivity index (χ3n) is 2.80. The van der Waals surface area contributed by atoms with Gasteiger partial charge in [0.05, 0.1) is 6.54 Å². The second-order valence-electron chi connectivity index (χ2n) is 4.05. The molecule has 3 nitrogen and oxygen atoms in total. The van der Waals surface area contributed by atoms with Crippen molar-refractivity contribution < 1.29 is 13.9 Å². The molecule has 2 aromatic rings. The molecule has 1 aliphatic heterocycles. The molecule has 0 bridgehead atoms. The molecule has 18 heavy (non-hydrogen) atoms. The van der Waals surface area contributed by atoms with E-state index in [2.05, 4.69) is 0 Å². The lowest BCUT2D eigenvalue weighted by molar-refractivity contribution is 0.0582. The van der Waals surface area contributed by atoms with Gasteiger partial charge < -0.3 is 15.2 Å². The van der Waals surface area contributed by atoms with Gasteiger partial charge in [-0.15, -0.1) is 0 Å². The second kappa shape index (κ2) is 4.31. The van der Waals surface area contributed by atoms with E-state index in [0.29, 0.717) is 17.1 Å². The van der Waals surface area contributed by atoms with Crippen LogP contribution in [0.25, 0.3) is 11.1 Å². The molecule has 1 atom stereocenters. The molecule has 0 aromatic heterocycles. The maximum atomic E-state index is 13.6. The molecule has 2 N–H and O–H groups in total. The Morgan fingerprint density at radius 1 is 1.11 bits per heavy atom. The third kappa shape index (κ3) is 1.80. The molecule has 0 saturated heterocycles. The van der Waals surface area contributed by atoms with E-state index in [1.165, 1.54) is 12.1 Å². The van der Waals surface area contributed by atoms with Gasteiger partial charge in [-0.1, -0.05) is 30.3 Å². The highest BCUT2D eigenvalue weighted by Crippen LogP contribution is 2.43. The maximum Gasteiger partial charge on any atom is 0.253 e. The number of hydrogen-bond acceptors (Lipinski definition) is 3. The number of rotatable bonds is 2. The second-order valence-corrected chi connectivity index (χ2v) is 4.05. The van der Waals surface area contributed by atoms with Crippen LogP contribution in [0.4, 0.5) is 4.39 Å². The first kappa shape index (κ1) is 11.0. The predicted octanol–water partition coefficient (Wildman–Crippen LogP) is 2.55. The van der Waals surface area contributed by atoms with E-state index in [1.54, 1.807) is 0 Å². The monoisotopic (exact) mass is 245 g/mol. The van der Waals surface area contributed by atoms with Gasteiger partial charge in [0.15, 0.2) is 11.5 Å². The molecule has 0 amide bonds. The summed E-state index contributed by atoms with van der Waals surface area (Å²) >= 11 is 0. The minimum Gasteiger partial charge on any atom is -0.449 e. The number of halogens is 1. The van der Waals surface area contributed by atoms with Crippen LogP contribution in [0.2, 0.25) is 0 Å². The first-order valence-corrected chi connectivity index (χ1v) is 5.70. The van der Waals surface area contributed by atoms with Gasteiger partial charge in [0.1, 0.15) is 5.82 Å². The van der Waals surface area contributed by atoms with Crippen molar-refractivity contribution in [2.45, 2.75) is 6.29 Å². The van der Waals surface area contributed by atoms with Gasteiger partial charge >= 0.3 is 0 Å². The lowest BCUT2D eigenvalue weighted by atomic mass is 10.0. The highest BCUT2D eigenvalue weighted by atomic mass is 19.1. The zero-order chi connectivity index (χ0) is 12.5. The fraction of sp³-hybridized carbons (Fsp3) is 0.143.